The Balaban J connectivity index is 2.08. The van der Waals surface area contributed by atoms with Crippen molar-refractivity contribution in [3.05, 3.63) is 29.3 Å². The smallest absolute Gasteiger partial charge is 0.336 e. The number of aldehydes is 1. The fourth-order valence-corrected chi connectivity index (χ4v) is 2.95. The summed E-state index contributed by atoms with van der Waals surface area (Å²) in [5, 5.41) is 9.05. The molecule has 1 aliphatic heterocycles. The zero-order chi connectivity index (χ0) is 16.1. The van der Waals surface area contributed by atoms with Crippen molar-refractivity contribution in [2.45, 2.75) is 19.1 Å². The molecule has 2 rings (SSSR count). The van der Waals surface area contributed by atoms with Gasteiger partial charge in [-0.2, -0.15) is 0 Å². The molecule has 1 saturated heterocycles. The van der Waals surface area contributed by atoms with Crippen LogP contribution in [-0.2, 0) is 9.47 Å². The predicted octanol–water partition coefficient (Wildman–Crippen LogP) is 2.03. The first kappa shape index (κ1) is 16.5. The van der Waals surface area contributed by atoms with Crippen LogP contribution in [-0.4, -0.2) is 51.0 Å². The maximum absolute atomic E-state index is 11.1. The maximum Gasteiger partial charge on any atom is 0.336 e. The highest BCUT2D eigenvalue weighted by Gasteiger charge is 2.27. The lowest BCUT2D eigenvalue weighted by Crippen LogP contribution is -2.39. The molecule has 0 radical (unpaired) electrons. The van der Waals surface area contributed by atoms with Crippen molar-refractivity contribution in [3.8, 4) is 0 Å². The summed E-state index contributed by atoms with van der Waals surface area (Å²) in [4.78, 5) is 24.3. The van der Waals surface area contributed by atoms with Crippen molar-refractivity contribution < 1.29 is 24.2 Å². The van der Waals surface area contributed by atoms with Crippen molar-refractivity contribution in [3.63, 3.8) is 0 Å². The SMILES string of the molecule is COC(OC)C1CCN(c2ccc(C(=O)O)c(C=O)c2)CC1. The van der Waals surface area contributed by atoms with Crippen LogP contribution in [0.4, 0.5) is 5.69 Å². The topological polar surface area (TPSA) is 76.1 Å². The molecule has 1 aromatic rings. The van der Waals surface area contributed by atoms with Gasteiger partial charge in [-0.25, -0.2) is 4.79 Å². The molecule has 1 aromatic carbocycles. The van der Waals surface area contributed by atoms with Crippen molar-refractivity contribution in [1.82, 2.24) is 0 Å². The number of carbonyl (C=O) groups excluding carboxylic acids is 1. The minimum atomic E-state index is -1.09. The van der Waals surface area contributed by atoms with Crippen LogP contribution in [0.1, 0.15) is 33.6 Å². The number of nitrogens with zero attached hydrogens (tertiary/aromatic N) is 1. The number of hydrogen-bond donors (Lipinski definition) is 1. The van der Waals surface area contributed by atoms with Gasteiger partial charge in [-0.05, 0) is 31.0 Å². The first-order chi connectivity index (χ1) is 10.6. The van der Waals surface area contributed by atoms with Crippen LogP contribution in [0.25, 0.3) is 0 Å². The molecule has 1 fully saturated rings. The van der Waals surface area contributed by atoms with E-state index in [0.717, 1.165) is 31.6 Å². The van der Waals surface area contributed by atoms with Gasteiger partial charge < -0.3 is 19.5 Å². The Morgan fingerprint density at radius 3 is 2.45 bits per heavy atom. The summed E-state index contributed by atoms with van der Waals surface area (Å²) in [6.07, 6.45) is 2.24. The standard InChI is InChI=1S/C16H21NO5/c1-21-16(22-2)11-5-7-17(8-6-11)13-3-4-14(15(19)20)12(9-13)10-18/h3-4,9-11,16H,5-8H2,1-2H3,(H,19,20). The largest absolute Gasteiger partial charge is 0.478 e. The molecule has 6 nitrogen and oxygen atoms in total. The summed E-state index contributed by atoms with van der Waals surface area (Å²) in [5.74, 6) is -0.745. The highest BCUT2D eigenvalue weighted by Crippen LogP contribution is 2.27. The van der Waals surface area contributed by atoms with Gasteiger partial charge in [0.2, 0.25) is 0 Å². The van der Waals surface area contributed by atoms with Crippen LogP contribution in [0, 0.1) is 5.92 Å². The third-order valence-corrected chi connectivity index (χ3v) is 4.15. The molecule has 0 saturated carbocycles. The van der Waals surface area contributed by atoms with Crippen LogP contribution >= 0.6 is 0 Å². The van der Waals surface area contributed by atoms with E-state index >= 15 is 0 Å². The molecule has 1 heterocycles. The summed E-state index contributed by atoms with van der Waals surface area (Å²) in [6.45, 7) is 1.64. The molecule has 0 unspecified atom stereocenters. The van der Waals surface area contributed by atoms with E-state index in [1.54, 1.807) is 26.4 Å². The summed E-state index contributed by atoms with van der Waals surface area (Å²) in [7, 11) is 3.28. The van der Waals surface area contributed by atoms with Crippen molar-refractivity contribution >= 4 is 17.9 Å². The number of hydrogen-bond acceptors (Lipinski definition) is 5. The first-order valence-corrected chi connectivity index (χ1v) is 7.23. The van der Waals surface area contributed by atoms with Gasteiger partial charge in [-0.1, -0.05) is 0 Å². The van der Waals surface area contributed by atoms with Crippen LogP contribution in [0.5, 0.6) is 0 Å². The Morgan fingerprint density at radius 2 is 1.95 bits per heavy atom. The quantitative estimate of drug-likeness (QED) is 0.640. The van der Waals surface area contributed by atoms with Gasteiger partial charge in [-0.3, -0.25) is 4.79 Å². The summed E-state index contributed by atoms with van der Waals surface area (Å²) >= 11 is 0. The van der Waals surface area contributed by atoms with Gasteiger partial charge >= 0.3 is 5.97 Å². The number of piperidine rings is 1. The van der Waals surface area contributed by atoms with Crippen LogP contribution < -0.4 is 4.90 Å². The number of methoxy groups -OCH3 is 2. The second-order valence-electron chi connectivity index (χ2n) is 5.36. The maximum atomic E-state index is 11.1. The van der Waals surface area contributed by atoms with E-state index in [0.29, 0.717) is 12.2 Å². The highest BCUT2D eigenvalue weighted by molar-refractivity contribution is 5.98. The molecule has 0 spiro atoms. The summed E-state index contributed by atoms with van der Waals surface area (Å²) in [5.41, 5.74) is 1.11. The highest BCUT2D eigenvalue weighted by atomic mass is 16.7. The lowest BCUT2D eigenvalue weighted by molar-refractivity contribution is -0.141. The fourth-order valence-electron chi connectivity index (χ4n) is 2.95. The van der Waals surface area contributed by atoms with Gasteiger partial charge in [0.15, 0.2) is 12.6 Å². The number of anilines is 1. The van der Waals surface area contributed by atoms with Crippen LogP contribution in [0.15, 0.2) is 18.2 Å². The van der Waals surface area contributed by atoms with Gasteiger partial charge in [0.25, 0.3) is 0 Å². The average molecular weight is 307 g/mol. The molecule has 0 aromatic heterocycles. The van der Waals surface area contributed by atoms with Crippen molar-refractivity contribution in [2.75, 3.05) is 32.2 Å². The number of rotatable bonds is 6. The molecule has 1 aliphatic rings. The zero-order valence-corrected chi connectivity index (χ0v) is 12.8. The molecular formula is C16H21NO5. The van der Waals surface area contributed by atoms with E-state index in [9.17, 15) is 9.59 Å². The van der Waals surface area contributed by atoms with Crippen LogP contribution in [0.3, 0.4) is 0 Å². The molecule has 0 atom stereocenters. The molecule has 0 bridgehead atoms. The molecule has 120 valence electrons. The normalized spacial score (nSPS) is 16.0. The van der Waals surface area contributed by atoms with Gasteiger partial charge in [0.1, 0.15) is 0 Å². The Kier molecular flexibility index (Phi) is 5.51. The Labute approximate surface area is 129 Å². The van der Waals surface area contributed by atoms with Crippen LogP contribution in [0.2, 0.25) is 0 Å². The van der Waals surface area contributed by atoms with E-state index < -0.39 is 5.97 Å². The van der Waals surface area contributed by atoms with E-state index in [2.05, 4.69) is 4.90 Å². The monoisotopic (exact) mass is 307 g/mol. The lowest BCUT2D eigenvalue weighted by Gasteiger charge is -2.36. The minimum Gasteiger partial charge on any atom is -0.478 e. The number of aromatic carboxylic acids is 1. The van der Waals surface area contributed by atoms with E-state index in [-0.39, 0.29) is 17.4 Å². The lowest BCUT2D eigenvalue weighted by atomic mass is 9.95. The number of benzene rings is 1. The second kappa shape index (κ2) is 7.38. The molecular weight excluding hydrogens is 286 g/mol. The predicted molar refractivity (Wildman–Crippen MR) is 81.5 cm³/mol. The molecule has 0 amide bonds. The second-order valence-corrected chi connectivity index (χ2v) is 5.36. The summed E-state index contributed by atoms with van der Waals surface area (Å²) in [6, 6.07) is 4.88. The molecule has 6 heteroatoms. The number of ether oxygens (including phenoxy) is 2. The van der Waals surface area contributed by atoms with E-state index in [4.69, 9.17) is 14.6 Å². The Hall–Kier alpha value is -1.92. The average Bonchev–Trinajstić information content (AvgIpc) is 2.56. The van der Waals surface area contributed by atoms with E-state index in [1.807, 2.05) is 0 Å². The van der Waals surface area contributed by atoms with Crippen molar-refractivity contribution in [1.29, 1.82) is 0 Å². The van der Waals surface area contributed by atoms with E-state index in [1.165, 1.54) is 6.07 Å². The molecule has 1 N–H and O–H groups in total. The third kappa shape index (κ3) is 3.45. The Bertz CT molecular complexity index is 533. The fraction of sp³-hybridized carbons (Fsp3) is 0.500. The van der Waals surface area contributed by atoms with Gasteiger partial charge in [0.05, 0.1) is 5.56 Å². The van der Waals surface area contributed by atoms with Gasteiger partial charge in [-0.15, -0.1) is 0 Å². The molecule has 22 heavy (non-hydrogen) atoms. The number of carbonyl (C=O) groups is 2. The van der Waals surface area contributed by atoms with Crippen molar-refractivity contribution in [2.24, 2.45) is 5.92 Å². The zero-order valence-electron chi connectivity index (χ0n) is 12.8. The van der Waals surface area contributed by atoms with Gasteiger partial charge in [0, 0.05) is 44.5 Å². The number of carboxylic acid groups (broad SMARTS) is 1. The Morgan fingerprint density at radius 1 is 1.32 bits per heavy atom. The first-order valence-electron chi connectivity index (χ1n) is 7.23. The third-order valence-electron chi connectivity index (χ3n) is 4.15. The molecule has 0 aliphatic carbocycles. The summed E-state index contributed by atoms with van der Waals surface area (Å²) < 4.78 is 10.6. The minimum absolute atomic E-state index is 0.0347. The number of carboxylic acids is 1.